The van der Waals surface area contributed by atoms with Crippen LogP contribution in [0.2, 0.25) is 0 Å². The highest BCUT2D eigenvalue weighted by molar-refractivity contribution is 7.90. The van der Waals surface area contributed by atoms with Crippen molar-refractivity contribution in [1.29, 1.82) is 0 Å². The van der Waals surface area contributed by atoms with Crippen molar-refractivity contribution in [2.24, 2.45) is 0 Å². The lowest BCUT2D eigenvalue weighted by molar-refractivity contribution is 0.0289. The SMILES string of the molecule is C[C@@H](O)c1nc2cnc3c(cnn3S(=O)(=O)c3ccccc3)c2n1[C@H]1CCN(C(=O)OC(C)(C)C)C1. The molecule has 1 fully saturated rings. The molecule has 4 aromatic rings. The van der Waals surface area contributed by atoms with Crippen LogP contribution < -0.4 is 0 Å². The number of rotatable bonds is 4. The van der Waals surface area contributed by atoms with Crippen LogP contribution in [-0.2, 0) is 14.8 Å². The Morgan fingerprint density at radius 2 is 1.92 bits per heavy atom. The van der Waals surface area contributed by atoms with Gasteiger partial charge < -0.3 is 19.3 Å². The number of imidazole rings is 1. The third-order valence-corrected chi connectivity index (χ3v) is 7.66. The van der Waals surface area contributed by atoms with Crippen LogP contribution in [0.1, 0.15) is 52.1 Å². The smallest absolute Gasteiger partial charge is 0.410 e. The number of aliphatic hydroxyl groups excluding tert-OH is 1. The van der Waals surface area contributed by atoms with Gasteiger partial charge in [0.25, 0.3) is 10.0 Å². The Balaban J connectivity index is 1.62. The number of aromatic nitrogens is 5. The summed E-state index contributed by atoms with van der Waals surface area (Å²) < 4.78 is 34.9. The van der Waals surface area contributed by atoms with Crippen LogP contribution in [0.5, 0.6) is 0 Å². The number of hydrogen-bond acceptors (Lipinski definition) is 8. The molecule has 1 N–H and O–H groups in total. The number of pyridine rings is 1. The first-order valence-corrected chi connectivity index (χ1v) is 13.1. The first-order chi connectivity index (χ1) is 17.0. The van der Waals surface area contributed by atoms with E-state index in [1.807, 2.05) is 25.3 Å². The summed E-state index contributed by atoms with van der Waals surface area (Å²) >= 11 is 0. The number of aliphatic hydroxyl groups is 1. The molecule has 0 unspecified atom stereocenters. The fraction of sp³-hybridized carbons (Fsp3) is 0.417. The Kier molecular flexibility index (Phi) is 5.75. The first-order valence-electron chi connectivity index (χ1n) is 11.7. The molecule has 0 radical (unpaired) electrons. The highest BCUT2D eigenvalue weighted by Crippen LogP contribution is 2.34. The lowest BCUT2D eigenvalue weighted by Gasteiger charge is -2.25. The number of ether oxygens (including phenoxy) is 1. The predicted molar refractivity (Wildman–Crippen MR) is 132 cm³/mol. The van der Waals surface area contributed by atoms with Crippen molar-refractivity contribution in [3.63, 3.8) is 0 Å². The molecule has 12 heteroatoms. The molecule has 5 rings (SSSR count). The Labute approximate surface area is 208 Å². The Morgan fingerprint density at radius 1 is 1.19 bits per heavy atom. The lowest BCUT2D eigenvalue weighted by Crippen LogP contribution is -2.35. The minimum atomic E-state index is -3.98. The Hall–Kier alpha value is -3.51. The molecule has 0 spiro atoms. The van der Waals surface area contributed by atoms with Crippen LogP contribution in [0, 0.1) is 0 Å². The molecule has 11 nitrogen and oxygen atoms in total. The fourth-order valence-electron chi connectivity index (χ4n) is 4.54. The molecular weight excluding hydrogens is 484 g/mol. The topological polar surface area (TPSA) is 132 Å². The van der Waals surface area contributed by atoms with E-state index in [2.05, 4.69) is 15.1 Å². The minimum Gasteiger partial charge on any atom is -0.444 e. The van der Waals surface area contributed by atoms with E-state index < -0.39 is 27.8 Å². The summed E-state index contributed by atoms with van der Waals surface area (Å²) in [4.78, 5) is 23.3. The predicted octanol–water partition coefficient (Wildman–Crippen LogP) is 3.25. The van der Waals surface area contributed by atoms with E-state index >= 15 is 0 Å². The van der Waals surface area contributed by atoms with Crippen LogP contribution in [-0.4, -0.2) is 66.9 Å². The molecule has 1 aliphatic rings. The van der Waals surface area contributed by atoms with Crippen molar-refractivity contribution in [2.75, 3.05) is 13.1 Å². The van der Waals surface area contributed by atoms with E-state index in [0.717, 1.165) is 4.09 Å². The molecule has 4 heterocycles. The Morgan fingerprint density at radius 3 is 2.58 bits per heavy atom. The molecule has 36 heavy (non-hydrogen) atoms. The van der Waals surface area contributed by atoms with E-state index in [0.29, 0.717) is 41.8 Å². The molecule has 2 atom stereocenters. The van der Waals surface area contributed by atoms with Gasteiger partial charge in [0.2, 0.25) is 0 Å². The van der Waals surface area contributed by atoms with E-state index in [9.17, 15) is 18.3 Å². The van der Waals surface area contributed by atoms with Crippen molar-refractivity contribution in [2.45, 2.75) is 56.8 Å². The summed E-state index contributed by atoms with van der Waals surface area (Å²) in [6.45, 7) is 7.91. The van der Waals surface area contributed by atoms with Crippen LogP contribution in [0.4, 0.5) is 4.79 Å². The second-order valence-electron chi connectivity index (χ2n) is 9.92. The summed E-state index contributed by atoms with van der Waals surface area (Å²) in [6, 6.07) is 7.82. The van der Waals surface area contributed by atoms with Crippen molar-refractivity contribution in [3.05, 3.63) is 48.5 Å². The molecule has 190 valence electrons. The molecular formula is C24H28N6O5S. The standard InChI is InChI=1S/C24H28N6O5S/c1-15(31)21-27-19-13-25-22-18(12-26-30(22)36(33,34)17-8-6-5-7-9-17)20(19)29(21)16-10-11-28(14-16)23(32)35-24(2,3)4/h5-9,12-13,15-16,31H,10-11,14H2,1-4H3/t15-,16+/m1/s1. The van der Waals surface area contributed by atoms with Crippen molar-refractivity contribution in [3.8, 4) is 0 Å². The first kappa shape index (κ1) is 24.2. The molecule has 1 saturated heterocycles. The number of hydrogen-bond donors (Lipinski definition) is 1. The maximum atomic E-state index is 13.3. The van der Waals surface area contributed by atoms with Crippen molar-refractivity contribution < 1.29 is 23.1 Å². The molecule has 1 amide bonds. The number of nitrogens with zero attached hydrogens (tertiary/aromatic N) is 6. The maximum absolute atomic E-state index is 13.3. The van der Waals surface area contributed by atoms with Gasteiger partial charge in [-0.1, -0.05) is 18.2 Å². The van der Waals surface area contributed by atoms with Gasteiger partial charge >= 0.3 is 6.09 Å². The molecule has 3 aromatic heterocycles. The van der Waals surface area contributed by atoms with E-state index in [-0.39, 0.29) is 16.6 Å². The normalized spacial score (nSPS) is 17.7. The largest absolute Gasteiger partial charge is 0.444 e. The number of amides is 1. The monoisotopic (exact) mass is 512 g/mol. The van der Waals surface area contributed by atoms with Crippen LogP contribution >= 0.6 is 0 Å². The van der Waals surface area contributed by atoms with E-state index in [1.165, 1.54) is 24.5 Å². The molecule has 0 aliphatic carbocycles. The van der Waals surface area contributed by atoms with Crippen molar-refractivity contribution in [1.82, 2.24) is 28.6 Å². The zero-order valence-corrected chi connectivity index (χ0v) is 21.3. The summed E-state index contributed by atoms with van der Waals surface area (Å²) in [5, 5.41) is 15.2. The number of likely N-dealkylation sites (tertiary alicyclic amines) is 1. The van der Waals surface area contributed by atoms with E-state index in [4.69, 9.17) is 4.74 Å². The third kappa shape index (κ3) is 4.09. The summed E-state index contributed by atoms with van der Waals surface area (Å²) in [7, 11) is -3.98. The highest BCUT2D eigenvalue weighted by atomic mass is 32.2. The highest BCUT2D eigenvalue weighted by Gasteiger charge is 2.34. The van der Waals surface area contributed by atoms with Gasteiger partial charge in [-0.3, -0.25) is 0 Å². The van der Waals surface area contributed by atoms with Gasteiger partial charge in [-0.05, 0) is 46.2 Å². The zero-order chi connectivity index (χ0) is 25.8. The molecule has 0 bridgehead atoms. The van der Waals surface area contributed by atoms with Crippen LogP contribution in [0.3, 0.4) is 0 Å². The minimum absolute atomic E-state index is 0.0962. The molecule has 1 aliphatic heterocycles. The van der Waals surface area contributed by atoms with Crippen LogP contribution in [0.25, 0.3) is 22.1 Å². The van der Waals surface area contributed by atoms with Gasteiger partial charge in [-0.2, -0.15) is 13.5 Å². The van der Waals surface area contributed by atoms with Gasteiger partial charge in [0.15, 0.2) is 5.65 Å². The van der Waals surface area contributed by atoms with Gasteiger partial charge in [0.1, 0.15) is 23.0 Å². The maximum Gasteiger partial charge on any atom is 0.410 e. The second kappa shape index (κ2) is 8.56. The molecule has 0 saturated carbocycles. The summed E-state index contributed by atoms with van der Waals surface area (Å²) in [5.74, 6) is 0.411. The third-order valence-electron chi connectivity index (χ3n) is 6.07. The number of carbonyl (C=O) groups is 1. The van der Waals surface area contributed by atoms with Gasteiger partial charge in [-0.15, -0.1) is 4.09 Å². The van der Waals surface area contributed by atoms with Crippen LogP contribution in [0.15, 0.2) is 47.6 Å². The Bertz CT molecular complexity index is 1550. The average molecular weight is 513 g/mol. The lowest BCUT2D eigenvalue weighted by atomic mass is 10.2. The number of fused-ring (bicyclic) bond motifs is 3. The van der Waals surface area contributed by atoms with Gasteiger partial charge in [0.05, 0.1) is 34.2 Å². The van der Waals surface area contributed by atoms with Gasteiger partial charge in [0, 0.05) is 13.1 Å². The number of benzene rings is 1. The fourth-order valence-corrected chi connectivity index (χ4v) is 5.78. The summed E-state index contributed by atoms with van der Waals surface area (Å²) in [5.41, 5.74) is 0.664. The quantitative estimate of drug-likeness (QED) is 0.441. The van der Waals surface area contributed by atoms with Crippen molar-refractivity contribution >= 4 is 38.2 Å². The van der Waals surface area contributed by atoms with Gasteiger partial charge in [-0.25, -0.2) is 14.8 Å². The zero-order valence-electron chi connectivity index (χ0n) is 20.5. The van der Waals surface area contributed by atoms with E-state index in [1.54, 1.807) is 30.0 Å². The number of carbonyl (C=O) groups excluding carboxylic acids is 1. The second-order valence-corrected chi connectivity index (χ2v) is 11.7. The average Bonchev–Trinajstić information content (AvgIpc) is 3.54. The summed E-state index contributed by atoms with van der Waals surface area (Å²) in [6.07, 6.45) is 2.26. The molecule has 1 aromatic carbocycles.